The number of rotatable bonds is 2. The summed E-state index contributed by atoms with van der Waals surface area (Å²) < 4.78 is 83.3. The van der Waals surface area contributed by atoms with E-state index in [9.17, 15) is 26.3 Å². The van der Waals surface area contributed by atoms with Crippen LogP contribution in [-0.4, -0.2) is 30.1 Å². The van der Waals surface area contributed by atoms with Gasteiger partial charge in [-0.1, -0.05) is 24.3 Å². The minimum atomic E-state index is -4.74. The number of hydrogen-bond acceptors (Lipinski definition) is 3. The number of fused-ring (bicyclic) bond motifs is 3. The summed E-state index contributed by atoms with van der Waals surface area (Å²) in [4.78, 5) is 5.55. The molecule has 0 fully saturated rings. The van der Waals surface area contributed by atoms with E-state index in [4.69, 9.17) is 0 Å². The van der Waals surface area contributed by atoms with Crippen LogP contribution in [0.4, 0.5) is 26.3 Å². The number of benzene rings is 1. The molecule has 2 heterocycles. The lowest BCUT2D eigenvalue weighted by Crippen LogP contribution is -2.35. The van der Waals surface area contributed by atoms with Gasteiger partial charge >= 0.3 is 12.8 Å². The van der Waals surface area contributed by atoms with Crippen LogP contribution in [0.25, 0.3) is 6.08 Å². The third-order valence-electron chi connectivity index (χ3n) is 4.66. The Balaban J connectivity index is 1.82. The molecule has 0 N–H and O–H groups in total. The second-order valence-corrected chi connectivity index (χ2v) is 6.37. The molecule has 1 aromatic rings. The fourth-order valence-electron chi connectivity index (χ4n) is 3.56. The summed E-state index contributed by atoms with van der Waals surface area (Å²) in [6.07, 6.45) is 0.112. The normalized spacial score (nSPS) is 23.8. The van der Waals surface area contributed by atoms with Gasteiger partial charge in [-0.3, -0.25) is 4.99 Å². The van der Waals surface area contributed by atoms with Crippen LogP contribution in [0.5, 0.6) is 0 Å². The SMILES string of the molecule is Fc1cccc2c1C=CC[C@]21CN2C=C(C(F)(F)F)C=C(OC(F)F)C2=N1. The van der Waals surface area contributed by atoms with E-state index in [-0.39, 0.29) is 17.9 Å². The predicted octanol–water partition coefficient (Wildman–Crippen LogP) is 4.73. The van der Waals surface area contributed by atoms with Gasteiger partial charge in [0.25, 0.3) is 0 Å². The first-order valence-corrected chi connectivity index (χ1v) is 7.97. The number of alkyl halides is 5. The summed E-state index contributed by atoms with van der Waals surface area (Å²) >= 11 is 0. The molecule has 0 saturated carbocycles. The second kappa shape index (κ2) is 5.90. The Morgan fingerprint density at radius 1 is 1.22 bits per heavy atom. The third kappa shape index (κ3) is 2.90. The highest BCUT2D eigenvalue weighted by molar-refractivity contribution is 6.00. The van der Waals surface area contributed by atoms with Gasteiger partial charge in [-0.25, -0.2) is 4.39 Å². The topological polar surface area (TPSA) is 24.8 Å². The fraction of sp³-hybridized carbons (Fsp3) is 0.278. The maximum atomic E-state index is 14.1. The van der Waals surface area contributed by atoms with Gasteiger partial charge in [0.05, 0.1) is 12.1 Å². The van der Waals surface area contributed by atoms with Gasteiger partial charge in [0, 0.05) is 11.8 Å². The maximum absolute atomic E-state index is 14.1. The zero-order chi connectivity index (χ0) is 19.4. The van der Waals surface area contributed by atoms with Crippen molar-refractivity contribution in [1.82, 2.24) is 4.90 Å². The van der Waals surface area contributed by atoms with Crippen molar-refractivity contribution in [3.63, 3.8) is 0 Å². The van der Waals surface area contributed by atoms with Crippen LogP contribution in [0.1, 0.15) is 17.5 Å². The summed E-state index contributed by atoms with van der Waals surface area (Å²) in [6, 6.07) is 4.39. The lowest BCUT2D eigenvalue weighted by molar-refractivity contribution is -0.0981. The molecule has 1 aromatic carbocycles. The van der Waals surface area contributed by atoms with Crippen LogP contribution in [0.15, 0.2) is 52.9 Å². The van der Waals surface area contributed by atoms with E-state index in [1.807, 2.05) is 0 Å². The van der Waals surface area contributed by atoms with Crippen molar-refractivity contribution in [2.75, 3.05) is 6.54 Å². The molecule has 27 heavy (non-hydrogen) atoms. The molecule has 0 unspecified atom stereocenters. The minimum absolute atomic E-state index is 0.0490. The van der Waals surface area contributed by atoms with E-state index in [0.717, 1.165) is 11.1 Å². The minimum Gasteiger partial charge on any atom is -0.431 e. The van der Waals surface area contributed by atoms with Crippen molar-refractivity contribution >= 4 is 11.9 Å². The molecule has 0 aromatic heterocycles. The zero-order valence-corrected chi connectivity index (χ0v) is 13.6. The second-order valence-electron chi connectivity index (χ2n) is 6.37. The smallest absolute Gasteiger partial charge is 0.417 e. The number of nitrogens with zero attached hydrogens (tertiary/aromatic N) is 2. The summed E-state index contributed by atoms with van der Waals surface area (Å²) in [5, 5.41) is 0. The van der Waals surface area contributed by atoms with Crippen molar-refractivity contribution < 1.29 is 31.1 Å². The molecule has 0 radical (unpaired) electrons. The van der Waals surface area contributed by atoms with Gasteiger partial charge in [0.15, 0.2) is 11.6 Å². The van der Waals surface area contributed by atoms with Crippen LogP contribution in [0.3, 0.4) is 0 Å². The van der Waals surface area contributed by atoms with E-state index in [1.54, 1.807) is 18.2 Å². The first-order chi connectivity index (χ1) is 12.7. The number of halogens is 6. The quantitative estimate of drug-likeness (QED) is 0.687. The monoisotopic (exact) mass is 386 g/mol. The van der Waals surface area contributed by atoms with E-state index in [0.29, 0.717) is 18.1 Å². The summed E-state index contributed by atoms with van der Waals surface area (Å²) in [5.74, 6) is -1.28. The van der Waals surface area contributed by atoms with Gasteiger partial charge in [0.2, 0.25) is 0 Å². The van der Waals surface area contributed by atoms with Crippen LogP contribution in [0, 0.1) is 5.82 Å². The van der Waals surface area contributed by atoms with E-state index in [1.165, 1.54) is 12.1 Å². The largest absolute Gasteiger partial charge is 0.431 e. The Morgan fingerprint density at radius 3 is 2.70 bits per heavy atom. The highest BCUT2D eigenvalue weighted by Crippen LogP contribution is 2.45. The van der Waals surface area contributed by atoms with Crippen molar-refractivity contribution in [1.29, 1.82) is 0 Å². The molecule has 9 heteroatoms. The number of ether oxygens (including phenoxy) is 1. The molecule has 3 nitrogen and oxygen atoms in total. The molecule has 2 aliphatic heterocycles. The zero-order valence-electron chi connectivity index (χ0n) is 13.6. The Kier molecular flexibility index (Phi) is 3.87. The third-order valence-corrected chi connectivity index (χ3v) is 4.66. The molecule has 142 valence electrons. The van der Waals surface area contributed by atoms with Crippen molar-refractivity contribution in [3.05, 3.63) is 64.8 Å². The van der Waals surface area contributed by atoms with Crippen molar-refractivity contribution in [2.45, 2.75) is 24.7 Å². The highest BCUT2D eigenvalue weighted by Gasteiger charge is 2.47. The lowest BCUT2D eigenvalue weighted by atomic mass is 9.80. The summed E-state index contributed by atoms with van der Waals surface area (Å²) in [7, 11) is 0. The van der Waals surface area contributed by atoms with Crippen LogP contribution < -0.4 is 0 Å². The van der Waals surface area contributed by atoms with Gasteiger partial charge in [-0.05, 0) is 24.1 Å². The Hall–Kier alpha value is -2.71. The van der Waals surface area contributed by atoms with Crippen molar-refractivity contribution in [2.24, 2.45) is 4.99 Å². The Labute approximate surface area is 149 Å². The molecule has 3 aliphatic rings. The number of hydrogen-bond donors (Lipinski definition) is 0. The first kappa shape index (κ1) is 17.7. The van der Waals surface area contributed by atoms with Crippen LogP contribution >= 0.6 is 0 Å². The summed E-state index contributed by atoms with van der Waals surface area (Å²) in [5.41, 5.74) is -1.43. The predicted molar refractivity (Wildman–Crippen MR) is 85.2 cm³/mol. The molecule has 1 atom stereocenters. The molecule has 1 aliphatic carbocycles. The van der Waals surface area contributed by atoms with Gasteiger partial charge < -0.3 is 9.64 Å². The molecule has 0 saturated heterocycles. The number of allylic oxidation sites excluding steroid dienone is 2. The Bertz CT molecular complexity index is 915. The highest BCUT2D eigenvalue weighted by atomic mass is 19.4. The average Bonchev–Trinajstić information content (AvgIpc) is 2.94. The Morgan fingerprint density at radius 2 is 2.00 bits per heavy atom. The average molecular weight is 386 g/mol. The molecule has 0 amide bonds. The molecular formula is C18H12F6N2O. The molecule has 4 rings (SSSR count). The summed E-state index contributed by atoms with van der Waals surface area (Å²) in [6.45, 7) is -3.35. The van der Waals surface area contributed by atoms with Gasteiger partial charge in [0.1, 0.15) is 11.4 Å². The van der Waals surface area contributed by atoms with Crippen LogP contribution in [0.2, 0.25) is 0 Å². The lowest BCUT2D eigenvalue weighted by Gasteiger charge is -2.31. The van der Waals surface area contributed by atoms with E-state index < -0.39 is 35.5 Å². The van der Waals surface area contributed by atoms with Crippen molar-refractivity contribution in [3.8, 4) is 0 Å². The number of amidine groups is 1. The van der Waals surface area contributed by atoms with Crippen LogP contribution in [-0.2, 0) is 10.3 Å². The fourth-order valence-corrected chi connectivity index (χ4v) is 3.56. The maximum Gasteiger partial charge on any atom is 0.417 e. The molecular weight excluding hydrogens is 374 g/mol. The standard InChI is InChI=1S/C18H12F6N2O/c19-13-5-1-4-12-11(13)3-2-6-17(12)9-26-8-10(18(22,23)24)7-14(15(26)25-17)27-16(20)21/h1-5,7-8,16H,6,9H2/t17-/m0/s1. The molecule has 1 spiro atoms. The first-order valence-electron chi connectivity index (χ1n) is 7.97. The number of aliphatic imine (C=N–C) groups is 1. The molecule has 0 bridgehead atoms. The van der Waals surface area contributed by atoms with Gasteiger partial charge in [-0.15, -0.1) is 0 Å². The van der Waals surface area contributed by atoms with Gasteiger partial charge in [-0.2, -0.15) is 22.0 Å². The van der Waals surface area contributed by atoms with E-state index >= 15 is 0 Å². The van der Waals surface area contributed by atoms with E-state index in [2.05, 4.69) is 9.73 Å².